The Hall–Kier alpha value is -2.70. The SMILES string of the molecule is Cc1noc(C)c1C(=O)N(CC(=O)O)Cc1ccc(F)cc1. The number of carboxylic acid groups (broad SMARTS) is 1. The van der Waals surface area contributed by atoms with Crippen LogP contribution in [0.5, 0.6) is 0 Å². The first-order valence-electron chi connectivity index (χ1n) is 6.57. The number of carbonyl (C=O) groups is 2. The molecule has 0 aliphatic heterocycles. The third kappa shape index (κ3) is 3.49. The molecule has 116 valence electrons. The van der Waals surface area contributed by atoms with Crippen molar-refractivity contribution in [2.45, 2.75) is 20.4 Å². The van der Waals surface area contributed by atoms with Gasteiger partial charge < -0.3 is 14.5 Å². The largest absolute Gasteiger partial charge is 0.480 e. The van der Waals surface area contributed by atoms with Gasteiger partial charge in [0.2, 0.25) is 0 Å². The lowest BCUT2D eigenvalue weighted by atomic mass is 10.1. The maximum absolute atomic E-state index is 12.9. The Bertz CT molecular complexity index is 675. The summed E-state index contributed by atoms with van der Waals surface area (Å²) in [5.74, 6) is -1.69. The summed E-state index contributed by atoms with van der Waals surface area (Å²) in [5.41, 5.74) is 1.28. The number of benzene rings is 1. The van der Waals surface area contributed by atoms with Gasteiger partial charge in [0.25, 0.3) is 5.91 Å². The number of aromatic nitrogens is 1. The summed E-state index contributed by atoms with van der Waals surface area (Å²) in [4.78, 5) is 24.7. The molecule has 1 heterocycles. The van der Waals surface area contributed by atoms with E-state index in [4.69, 9.17) is 9.63 Å². The molecule has 0 spiro atoms. The molecule has 0 saturated carbocycles. The third-order valence-corrected chi connectivity index (χ3v) is 3.15. The molecular weight excluding hydrogens is 291 g/mol. The zero-order valence-corrected chi connectivity index (χ0v) is 12.2. The molecule has 22 heavy (non-hydrogen) atoms. The van der Waals surface area contributed by atoms with E-state index in [0.29, 0.717) is 17.0 Å². The van der Waals surface area contributed by atoms with E-state index in [9.17, 15) is 14.0 Å². The summed E-state index contributed by atoms with van der Waals surface area (Å²) in [6.45, 7) is 2.78. The monoisotopic (exact) mass is 306 g/mol. The quantitative estimate of drug-likeness (QED) is 0.915. The van der Waals surface area contributed by atoms with Gasteiger partial charge in [-0.2, -0.15) is 0 Å². The van der Waals surface area contributed by atoms with E-state index in [2.05, 4.69) is 5.16 Å². The molecule has 1 aromatic heterocycles. The van der Waals surface area contributed by atoms with Gasteiger partial charge in [-0.05, 0) is 31.5 Å². The van der Waals surface area contributed by atoms with Gasteiger partial charge in [-0.3, -0.25) is 9.59 Å². The molecule has 6 nitrogen and oxygen atoms in total. The maximum Gasteiger partial charge on any atom is 0.323 e. The molecule has 0 radical (unpaired) electrons. The van der Waals surface area contributed by atoms with Crippen molar-refractivity contribution < 1.29 is 23.6 Å². The van der Waals surface area contributed by atoms with Crippen molar-refractivity contribution in [1.29, 1.82) is 0 Å². The Kier molecular flexibility index (Phi) is 4.55. The van der Waals surface area contributed by atoms with Crippen LogP contribution in [0.2, 0.25) is 0 Å². The fourth-order valence-electron chi connectivity index (χ4n) is 2.12. The number of hydrogen-bond acceptors (Lipinski definition) is 4. The first-order valence-corrected chi connectivity index (χ1v) is 6.57. The van der Waals surface area contributed by atoms with E-state index >= 15 is 0 Å². The zero-order valence-electron chi connectivity index (χ0n) is 12.2. The molecule has 0 aliphatic rings. The van der Waals surface area contributed by atoms with Crippen LogP contribution in [-0.4, -0.2) is 33.6 Å². The molecular formula is C15H15FN2O4. The van der Waals surface area contributed by atoms with Gasteiger partial charge in [-0.1, -0.05) is 17.3 Å². The number of amides is 1. The molecule has 2 rings (SSSR count). The highest BCUT2D eigenvalue weighted by atomic mass is 19.1. The van der Waals surface area contributed by atoms with Crippen molar-refractivity contribution in [2.24, 2.45) is 0 Å². The van der Waals surface area contributed by atoms with E-state index in [0.717, 1.165) is 4.90 Å². The molecule has 1 N–H and O–H groups in total. The van der Waals surface area contributed by atoms with Gasteiger partial charge in [0, 0.05) is 6.54 Å². The first-order chi connectivity index (χ1) is 10.4. The molecule has 0 aliphatic carbocycles. The highest BCUT2D eigenvalue weighted by molar-refractivity contribution is 5.97. The number of carboxylic acids is 1. The summed E-state index contributed by atoms with van der Waals surface area (Å²) in [5, 5.41) is 12.7. The lowest BCUT2D eigenvalue weighted by molar-refractivity contribution is -0.137. The Labute approximate surface area is 126 Å². The lowest BCUT2D eigenvalue weighted by Gasteiger charge is -2.20. The van der Waals surface area contributed by atoms with Crippen molar-refractivity contribution in [1.82, 2.24) is 10.1 Å². The minimum atomic E-state index is -1.14. The minimum Gasteiger partial charge on any atom is -0.480 e. The number of hydrogen-bond donors (Lipinski definition) is 1. The second-order valence-corrected chi connectivity index (χ2v) is 4.88. The fourth-order valence-corrected chi connectivity index (χ4v) is 2.12. The second kappa shape index (κ2) is 6.38. The molecule has 1 aromatic carbocycles. The van der Waals surface area contributed by atoms with Crippen LogP contribution in [0.4, 0.5) is 4.39 Å². The molecule has 1 amide bonds. The van der Waals surface area contributed by atoms with Crippen LogP contribution in [0.25, 0.3) is 0 Å². The van der Waals surface area contributed by atoms with Crippen LogP contribution in [0.15, 0.2) is 28.8 Å². The van der Waals surface area contributed by atoms with Gasteiger partial charge in [0.15, 0.2) is 0 Å². The van der Waals surface area contributed by atoms with Crippen molar-refractivity contribution >= 4 is 11.9 Å². The number of carbonyl (C=O) groups excluding carboxylic acids is 1. The van der Waals surface area contributed by atoms with Crippen LogP contribution < -0.4 is 0 Å². The fraction of sp³-hybridized carbons (Fsp3) is 0.267. The van der Waals surface area contributed by atoms with Crippen molar-refractivity contribution in [3.63, 3.8) is 0 Å². The number of aliphatic carboxylic acids is 1. The number of rotatable bonds is 5. The average molecular weight is 306 g/mol. The van der Waals surface area contributed by atoms with Crippen LogP contribution in [0.3, 0.4) is 0 Å². The van der Waals surface area contributed by atoms with Gasteiger partial charge in [0.1, 0.15) is 23.7 Å². The summed E-state index contributed by atoms with van der Waals surface area (Å²) in [6, 6.07) is 5.53. The lowest BCUT2D eigenvalue weighted by Crippen LogP contribution is -2.35. The standard InChI is InChI=1S/C15H15FN2O4/c1-9-14(10(2)22-17-9)15(21)18(8-13(19)20)7-11-3-5-12(16)6-4-11/h3-6H,7-8H2,1-2H3,(H,19,20). The Morgan fingerprint density at radius 2 is 1.91 bits per heavy atom. The van der Waals surface area contributed by atoms with Crippen LogP contribution in [-0.2, 0) is 11.3 Å². The molecule has 0 atom stereocenters. The number of nitrogens with zero attached hydrogens (tertiary/aromatic N) is 2. The van der Waals surface area contributed by atoms with E-state index < -0.39 is 24.2 Å². The molecule has 7 heteroatoms. The molecule has 0 saturated heterocycles. The molecule has 0 bridgehead atoms. The van der Waals surface area contributed by atoms with Crippen LogP contribution >= 0.6 is 0 Å². The smallest absolute Gasteiger partial charge is 0.323 e. The summed E-state index contributed by atoms with van der Waals surface area (Å²) < 4.78 is 17.9. The van der Waals surface area contributed by atoms with Gasteiger partial charge in [0.05, 0.1) is 5.69 Å². The van der Waals surface area contributed by atoms with Gasteiger partial charge in [-0.25, -0.2) is 4.39 Å². The predicted molar refractivity (Wildman–Crippen MR) is 74.8 cm³/mol. The number of aryl methyl sites for hydroxylation is 2. The third-order valence-electron chi connectivity index (χ3n) is 3.15. The summed E-state index contributed by atoms with van der Waals surface area (Å²) >= 11 is 0. The van der Waals surface area contributed by atoms with E-state index in [1.807, 2.05) is 0 Å². The highest BCUT2D eigenvalue weighted by Crippen LogP contribution is 2.17. The highest BCUT2D eigenvalue weighted by Gasteiger charge is 2.25. The first kappa shape index (κ1) is 15.7. The van der Waals surface area contributed by atoms with Crippen molar-refractivity contribution in [3.05, 3.63) is 52.7 Å². The average Bonchev–Trinajstić information content (AvgIpc) is 2.78. The van der Waals surface area contributed by atoms with Gasteiger partial charge >= 0.3 is 5.97 Å². The van der Waals surface area contributed by atoms with E-state index in [-0.39, 0.29) is 12.1 Å². The van der Waals surface area contributed by atoms with E-state index in [1.165, 1.54) is 24.3 Å². The zero-order chi connectivity index (χ0) is 16.3. The topological polar surface area (TPSA) is 83.6 Å². The Morgan fingerprint density at radius 1 is 1.27 bits per heavy atom. The normalized spacial score (nSPS) is 10.5. The Morgan fingerprint density at radius 3 is 2.41 bits per heavy atom. The Balaban J connectivity index is 2.27. The van der Waals surface area contributed by atoms with E-state index in [1.54, 1.807) is 13.8 Å². The summed E-state index contributed by atoms with van der Waals surface area (Å²) in [7, 11) is 0. The maximum atomic E-state index is 12.9. The van der Waals surface area contributed by atoms with Crippen LogP contribution in [0.1, 0.15) is 27.4 Å². The van der Waals surface area contributed by atoms with Crippen molar-refractivity contribution in [3.8, 4) is 0 Å². The summed E-state index contributed by atoms with van der Waals surface area (Å²) in [6.07, 6.45) is 0. The molecule has 0 unspecified atom stereocenters. The predicted octanol–water partition coefficient (Wildman–Crippen LogP) is 2.16. The molecule has 2 aromatic rings. The number of halogens is 1. The minimum absolute atomic E-state index is 0.0511. The van der Waals surface area contributed by atoms with Crippen molar-refractivity contribution in [2.75, 3.05) is 6.54 Å². The molecule has 0 fully saturated rings. The second-order valence-electron chi connectivity index (χ2n) is 4.88. The van der Waals surface area contributed by atoms with Gasteiger partial charge in [-0.15, -0.1) is 0 Å². The van der Waals surface area contributed by atoms with Crippen LogP contribution in [0, 0.1) is 19.7 Å².